The molecule has 1 heteroatoms. The fourth-order valence-electron chi connectivity index (χ4n) is 2.25. The molecule has 1 fully saturated rings. The van der Waals surface area contributed by atoms with Crippen LogP contribution >= 0.6 is 0 Å². The summed E-state index contributed by atoms with van der Waals surface area (Å²) in [4.78, 5) is 0. The van der Waals surface area contributed by atoms with E-state index in [4.69, 9.17) is 5.73 Å². The maximum atomic E-state index is 6.02. The number of rotatable bonds is 0. The average molecular weight is 155 g/mol. The number of nitrogens with two attached hydrogens (primary N) is 1. The molecule has 11 heavy (non-hydrogen) atoms. The van der Waals surface area contributed by atoms with Gasteiger partial charge in [0.05, 0.1) is 0 Å². The van der Waals surface area contributed by atoms with E-state index >= 15 is 0 Å². The van der Waals surface area contributed by atoms with Gasteiger partial charge in [0.25, 0.3) is 0 Å². The highest BCUT2D eigenvalue weighted by Crippen LogP contribution is 2.37. The van der Waals surface area contributed by atoms with E-state index < -0.39 is 0 Å². The van der Waals surface area contributed by atoms with Gasteiger partial charge >= 0.3 is 0 Å². The fraction of sp³-hybridized carbons (Fsp3) is 1.00. The van der Waals surface area contributed by atoms with Crippen LogP contribution in [0.1, 0.15) is 34.1 Å². The van der Waals surface area contributed by atoms with Crippen molar-refractivity contribution in [3.63, 3.8) is 0 Å². The standard InChI is InChI=1S/C10H21N/c1-6-5-10(11)9(4)8(3)7(6)2/h6-10H,5,11H2,1-4H3. The van der Waals surface area contributed by atoms with Gasteiger partial charge in [-0.15, -0.1) is 0 Å². The zero-order valence-electron chi connectivity index (χ0n) is 8.17. The van der Waals surface area contributed by atoms with Crippen LogP contribution in [-0.4, -0.2) is 6.04 Å². The second kappa shape index (κ2) is 3.14. The smallest absolute Gasteiger partial charge is 0.00698 e. The SMILES string of the molecule is CC1CC(N)C(C)C(C)C1C. The van der Waals surface area contributed by atoms with Gasteiger partial charge in [-0.05, 0) is 30.1 Å². The van der Waals surface area contributed by atoms with Crippen LogP contribution in [0.15, 0.2) is 0 Å². The lowest BCUT2D eigenvalue weighted by Gasteiger charge is -2.40. The molecule has 0 bridgehead atoms. The third kappa shape index (κ3) is 1.58. The Morgan fingerprint density at radius 1 is 0.909 bits per heavy atom. The summed E-state index contributed by atoms with van der Waals surface area (Å²) in [5.41, 5.74) is 6.02. The number of hydrogen-bond donors (Lipinski definition) is 1. The van der Waals surface area contributed by atoms with E-state index in [-0.39, 0.29) is 0 Å². The molecule has 0 aliphatic heterocycles. The maximum Gasteiger partial charge on any atom is 0.00698 e. The molecule has 5 atom stereocenters. The van der Waals surface area contributed by atoms with Gasteiger partial charge in [-0.2, -0.15) is 0 Å². The molecule has 2 N–H and O–H groups in total. The summed E-state index contributed by atoms with van der Waals surface area (Å²) in [5.74, 6) is 3.18. The van der Waals surface area contributed by atoms with Gasteiger partial charge in [0, 0.05) is 6.04 Å². The van der Waals surface area contributed by atoms with Crippen LogP contribution in [0.5, 0.6) is 0 Å². The van der Waals surface area contributed by atoms with Crippen LogP contribution in [0.2, 0.25) is 0 Å². The minimum absolute atomic E-state index is 0.441. The first-order valence-electron chi connectivity index (χ1n) is 4.79. The highest BCUT2D eigenvalue weighted by molar-refractivity contribution is 4.86. The molecule has 1 saturated carbocycles. The molecule has 0 radical (unpaired) electrons. The first kappa shape index (κ1) is 9.05. The molecular weight excluding hydrogens is 134 g/mol. The van der Waals surface area contributed by atoms with Crippen molar-refractivity contribution < 1.29 is 0 Å². The Kier molecular flexibility index (Phi) is 2.58. The predicted octanol–water partition coefficient (Wildman–Crippen LogP) is 2.26. The highest BCUT2D eigenvalue weighted by atomic mass is 14.7. The van der Waals surface area contributed by atoms with Gasteiger partial charge in [0.15, 0.2) is 0 Å². The summed E-state index contributed by atoms with van der Waals surface area (Å²) in [6.07, 6.45) is 1.21. The fourth-order valence-corrected chi connectivity index (χ4v) is 2.25. The van der Waals surface area contributed by atoms with E-state index in [2.05, 4.69) is 27.7 Å². The van der Waals surface area contributed by atoms with E-state index in [1.807, 2.05) is 0 Å². The van der Waals surface area contributed by atoms with Crippen molar-refractivity contribution in [1.29, 1.82) is 0 Å². The summed E-state index contributed by atoms with van der Waals surface area (Å²) < 4.78 is 0. The van der Waals surface area contributed by atoms with Gasteiger partial charge in [-0.25, -0.2) is 0 Å². The molecule has 0 heterocycles. The maximum absolute atomic E-state index is 6.02. The van der Waals surface area contributed by atoms with Crippen molar-refractivity contribution in [2.24, 2.45) is 29.4 Å². The second-order valence-corrected chi connectivity index (χ2v) is 4.45. The molecule has 5 unspecified atom stereocenters. The Morgan fingerprint density at radius 2 is 1.45 bits per heavy atom. The molecule has 1 aliphatic carbocycles. The summed E-state index contributed by atoms with van der Waals surface area (Å²) in [6, 6.07) is 0.441. The third-order valence-electron chi connectivity index (χ3n) is 3.88. The lowest BCUT2D eigenvalue weighted by atomic mass is 9.67. The molecule has 0 aromatic rings. The second-order valence-electron chi connectivity index (χ2n) is 4.45. The Morgan fingerprint density at radius 3 is 2.00 bits per heavy atom. The molecule has 0 amide bonds. The van der Waals surface area contributed by atoms with Gasteiger partial charge in [0.2, 0.25) is 0 Å². The van der Waals surface area contributed by atoms with E-state index in [9.17, 15) is 0 Å². The van der Waals surface area contributed by atoms with Gasteiger partial charge in [-0.1, -0.05) is 27.7 Å². The molecule has 0 aromatic heterocycles. The third-order valence-corrected chi connectivity index (χ3v) is 3.88. The van der Waals surface area contributed by atoms with Crippen molar-refractivity contribution in [2.45, 2.75) is 40.2 Å². The predicted molar refractivity (Wildman–Crippen MR) is 49.2 cm³/mol. The zero-order valence-corrected chi connectivity index (χ0v) is 8.17. The van der Waals surface area contributed by atoms with E-state index in [1.54, 1.807) is 0 Å². The monoisotopic (exact) mass is 155 g/mol. The topological polar surface area (TPSA) is 26.0 Å². The summed E-state index contributed by atoms with van der Waals surface area (Å²) in [7, 11) is 0. The average Bonchev–Trinajstić information content (AvgIpc) is 1.97. The van der Waals surface area contributed by atoms with Gasteiger partial charge < -0.3 is 5.73 Å². The first-order valence-corrected chi connectivity index (χ1v) is 4.79. The van der Waals surface area contributed by atoms with Crippen molar-refractivity contribution in [3.8, 4) is 0 Å². The Bertz CT molecular complexity index is 119. The van der Waals surface area contributed by atoms with Crippen molar-refractivity contribution in [3.05, 3.63) is 0 Å². The normalized spacial score (nSPS) is 52.6. The van der Waals surface area contributed by atoms with E-state index in [0.717, 1.165) is 17.8 Å². The van der Waals surface area contributed by atoms with Crippen LogP contribution < -0.4 is 5.73 Å². The van der Waals surface area contributed by atoms with Crippen molar-refractivity contribution >= 4 is 0 Å². The molecule has 1 rings (SSSR count). The molecule has 0 saturated heterocycles. The first-order chi connectivity index (χ1) is 5.04. The minimum atomic E-state index is 0.441. The summed E-state index contributed by atoms with van der Waals surface area (Å²) in [5, 5.41) is 0. The van der Waals surface area contributed by atoms with Crippen LogP contribution in [0.4, 0.5) is 0 Å². The van der Waals surface area contributed by atoms with Gasteiger partial charge in [-0.3, -0.25) is 0 Å². The van der Waals surface area contributed by atoms with E-state index in [1.165, 1.54) is 6.42 Å². The Labute approximate surface area is 70.4 Å². The van der Waals surface area contributed by atoms with Crippen molar-refractivity contribution in [1.82, 2.24) is 0 Å². The zero-order chi connectivity index (χ0) is 8.59. The number of hydrogen-bond acceptors (Lipinski definition) is 1. The Balaban J connectivity index is 2.63. The van der Waals surface area contributed by atoms with Crippen LogP contribution in [0.25, 0.3) is 0 Å². The van der Waals surface area contributed by atoms with Crippen molar-refractivity contribution in [2.75, 3.05) is 0 Å². The highest BCUT2D eigenvalue weighted by Gasteiger charge is 2.33. The Hall–Kier alpha value is -0.0400. The quantitative estimate of drug-likeness (QED) is 0.570. The molecule has 66 valence electrons. The van der Waals surface area contributed by atoms with Crippen LogP contribution in [-0.2, 0) is 0 Å². The minimum Gasteiger partial charge on any atom is -0.327 e. The molecular formula is C10H21N. The van der Waals surface area contributed by atoms with Crippen LogP contribution in [0, 0.1) is 23.7 Å². The summed E-state index contributed by atoms with van der Waals surface area (Å²) in [6.45, 7) is 9.31. The molecule has 0 spiro atoms. The molecule has 1 aliphatic rings. The summed E-state index contributed by atoms with van der Waals surface area (Å²) >= 11 is 0. The van der Waals surface area contributed by atoms with E-state index in [0.29, 0.717) is 12.0 Å². The van der Waals surface area contributed by atoms with Gasteiger partial charge in [0.1, 0.15) is 0 Å². The lowest BCUT2D eigenvalue weighted by molar-refractivity contribution is 0.115. The molecule has 1 nitrogen and oxygen atoms in total. The largest absolute Gasteiger partial charge is 0.327 e. The molecule has 0 aromatic carbocycles. The lowest BCUT2D eigenvalue weighted by Crippen LogP contribution is -2.43. The van der Waals surface area contributed by atoms with Crippen LogP contribution in [0.3, 0.4) is 0 Å².